The van der Waals surface area contributed by atoms with E-state index in [1.807, 2.05) is 32.9 Å². The molecular weight excluding hydrogens is 426 g/mol. The largest absolute Gasteiger partial charge is 0.345 e. The van der Waals surface area contributed by atoms with Crippen molar-refractivity contribution in [1.82, 2.24) is 9.29 Å². The van der Waals surface area contributed by atoms with Crippen molar-refractivity contribution >= 4 is 26.5 Å². The number of thiazole rings is 1. The quantitative estimate of drug-likeness (QED) is 0.564. The number of hydrogen-bond acceptors (Lipinski definition) is 5. The van der Waals surface area contributed by atoms with Crippen molar-refractivity contribution in [2.45, 2.75) is 39.5 Å². The lowest BCUT2D eigenvalue weighted by molar-refractivity contribution is 0.384. The van der Waals surface area contributed by atoms with E-state index in [1.165, 1.54) is 11.1 Å². The smallest absolute Gasteiger partial charge is 0.243 e. The van der Waals surface area contributed by atoms with Crippen LogP contribution in [0.1, 0.15) is 27.8 Å². The molecule has 0 unspecified atom stereocenters. The van der Waals surface area contributed by atoms with Gasteiger partial charge in [-0.2, -0.15) is 4.31 Å². The average molecular weight is 456 g/mol. The molecule has 164 valence electrons. The van der Waals surface area contributed by atoms with Crippen molar-refractivity contribution < 1.29 is 8.42 Å². The minimum atomic E-state index is -3.50. The number of piperazine rings is 1. The van der Waals surface area contributed by atoms with Crippen molar-refractivity contribution in [2.75, 3.05) is 31.1 Å². The molecule has 1 aromatic heterocycles. The highest BCUT2D eigenvalue weighted by Gasteiger charge is 2.31. The molecule has 0 N–H and O–H groups in total. The zero-order valence-corrected chi connectivity index (χ0v) is 20.4. The Morgan fingerprint density at radius 1 is 0.839 bits per heavy atom. The molecule has 7 heteroatoms. The highest BCUT2D eigenvalue weighted by Crippen LogP contribution is 2.32. The lowest BCUT2D eigenvalue weighted by Crippen LogP contribution is -2.48. The first-order chi connectivity index (χ1) is 14.7. The molecule has 0 spiro atoms. The fourth-order valence-electron chi connectivity index (χ4n) is 4.37. The summed E-state index contributed by atoms with van der Waals surface area (Å²) in [7, 11) is -3.50. The number of rotatable bonds is 4. The van der Waals surface area contributed by atoms with E-state index in [0.717, 1.165) is 33.1 Å². The summed E-state index contributed by atoms with van der Waals surface area (Å²) in [4.78, 5) is 7.52. The van der Waals surface area contributed by atoms with Crippen LogP contribution in [0.25, 0.3) is 11.3 Å². The predicted octanol–water partition coefficient (Wildman–Crippen LogP) is 4.86. The van der Waals surface area contributed by atoms with Crippen LogP contribution in [0.4, 0.5) is 5.13 Å². The van der Waals surface area contributed by atoms with Crippen LogP contribution in [0.5, 0.6) is 0 Å². The molecule has 1 fully saturated rings. The van der Waals surface area contributed by atoms with Crippen LogP contribution in [-0.4, -0.2) is 43.9 Å². The summed E-state index contributed by atoms with van der Waals surface area (Å²) < 4.78 is 28.3. The molecule has 0 bridgehead atoms. The van der Waals surface area contributed by atoms with Gasteiger partial charge in [0.25, 0.3) is 0 Å². The SMILES string of the molecule is Cc1cc(C)c(S(=O)(=O)N2CCN(c3nc(-c4cc(C)ccc4C)cs3)CC2)c(C)c1. The van der Waals surface area contributed by atoms with Crippen molar-refractivity contribution in [3.8, 4) is 11.3 Å². The molecule has 5 nitrogen and oxygen atoms in total. The number of aromatic nitrogens is 1. The second kappa shape index (κ2) is 8.37. The molecule has 0 atom stereocenters. The molecule has 1 saturated heterocycles. The first-order valence-corrected chi connectivity index (χ1v) is 12.8. The normalized spacial score (nSPS) is 15.5. The standard InChI is InChI=1S/C24H29N3O2S2/c1-16-6-7-18(3)21(14-16)22-15-30-24(25-22)26-8-10-27(11-9-26)31(28,29)23-19(4)12-17(2)13-20(23)5/h6-7,12-15H,8-11H2,1-5H3. The summed E-state index contributed by atoms with van der Waals surface area (Å²) in [6.45, 7) is 12.2. The van der Waals surface area contributed by atoms with Crippen molar-refractivity contribution in [3.63, 3.8) is 0 Å². The Morgan fingerprint density at radius 2 is 1.48 bits per heavy atom. The van der Waals surface area contributed by atoms with Gasteiger partial charge in [0.1, 0.15) is 0 Å². The van der Waals surface area contributed by atoms with Gasteiger partial charge in [0, 0.05) is 37.1 Å². The van der Waals surface area contributed by atoms with E-state index in [2.05, 4.69) is 42.3 Å². The Bertz CT molecular complexity index is 1200. The van der Waals surface area contributed by atoms with Crippen LogP contribution in [0.15, 0.2) is 40.6 Å². The van der Waals surface area contributed by atoms with Crippen molar-refractivity contribution in [2.24, 2.45) is 0 Å². The van der Waals surface area contributed by atoms with E-state index in [-0.39, 0.29) is 0 Å². The van der Waals surface area contributed by atoms with E-state index in [9.17, 15) is 8.42 Å². The number of aryl methyl sites for hydroxylation is 5. The van der Waals surface area contributed by atoms with Gasteiger partial charge in [0.2, 0.25) is 10.0 Å². The summed E-state index contributed by atoms with van der Waals surface area (Å²) in [6.07, 6.45) is 0. The van der Waals surface area contributed by atoms with Crippen LogP contribution in [-0.2, 0) is 10.0 Å². The predicted molar refractivity (Wildman–Crippen MR) is 129 cm³/mol. The number of anilines is 1. The van der Waals surface area contributed by atoms with Gasteiger partial charge >= 0.3 is 0 Å². The molecule has 0 radical (unpaired) electrons. The topological polar surface area (TPSA) is 53.5 Å². The lowest BCUT2D eigenvalue weighted by Gasteiger charge is -2.34. The number of sulfonamides is 1. The Balaban J connectivity index is 1.51. The monoisotopic (exact) mass is 455 g/mol. The summed E-state index contributed by atoms with van der Waals surface area (Å²) in [6, 6.07) is 10.3. The van der Waals surface area contributed by atoms with Gasteiger partial charge in [-0.05, 0) is 57.4 Å². The zero-order chi connectivity index (χ0) is 22.3. The maximum atomic E-state index is 13.3. The van der Waals surface area contributed by atoms with Gasteiger partial charge in [0.15, 0.2) is 5.13 Å². The lowest BCUT2D eigenvalue weighted by atomic mass is 10.0. The second-order valence-electron chi connectivity index (χ2n) is 8.45. The fourth-order valence-corrected chi connectivity index (χ4v) is 7.08. The number of hydrogen-bond donors (Lipinski definition) is 0. The minimum Gasteiger partial charge on any atom is -0.345 e. The summed E-state index contributed by atoms with van der Waals surface area (Å²) >= 11 is 1.62. The third kappa shape index (κ3) is 4.27. The highest BCUT2D eigenvalue weighted by atomic mass is 32.2. The van der Waals surface area contributed by atoms with Gasteiger partial charge in [-0.3, -0.25) is 0 Å². The van der Waals surface area contributed by atoms with E-state index in [0.29, 0.717) is 31.1 Å². The van der Waals surface area contributed by atoms with E-state index < -0.39 is 10.0 Å². The van der Waals surface area contributed by atoms with Crippen molar-refractivity contribution in [3.05, 3.63) is 63.5 Å². The van der Waals surface area contributed by atoms with Crippen LogP contribution in [0, 0.1) is 34.6 Å². The fraction of sp³-hybridized carbons (Fsp3) is 0.375. The molecule has 1 aliphatic heterocycles. The Hall–Kier alpha value is -2.22. The summed E-state index contributed by atoms with van der Waals surface area (Å²) in [5, 5.41) is 3.05. The van der Waals surface area contributed by atoms with Gasteiger partial charge < -0.3 is 4.90 Å². The first kappa shape index (κ1) is 22.0. The highest BCUT2D eigenvalue weighted by molar-refractivity contribution is 7.89. The first-order valence-electron chi connectivity index (χ1n) is 10.5. The molecule has 0 aliphatic carbocycles. The molecule has 0 saturated carbocycles. The maximum Gasteiger partial charge on any atom is 0.243 e. The maximum absolute atomic E-state index is 13.3. The zero-order valence-electron chi connectivity index (χ0n) is 18.8. The second-order valence-corrected chi connectivity index (χ2v) is 11.2. The third-order valence-electron chi connectivity index (χ3n) is 5.87. The molecule has 2 heterocycles. The molecular formula is C24H29N3O2S2. The molecule has 0 amide bonds. The van der Waals surface area contributed by atoms with Gasteiger partial charge in [-0.15, -0.1) is 11.3 Å². The van der Waals surface area contributed by atoms with Gasteiger partial charge in [-0.25, -0.2) is 13.4 Å². The summed E-state index contributed by atoms with van der Waals surface area (Å²) in [5.41, 5.74) is 7.30. The Labute approximate surface area is 189 Å². The van der Waals surface area contributed by atoms with E-state index in [4.69, 9.17) is 4.98 Å². The molecule has 2 aromatic carbocycles. The van der Waals surface area contributed by atoms with Gasteiger partial charge in [0.05, 0.1) is 10.6 Å². The minimum absolute atomic E-state index is 0.456. The van der Waals surface area contributed by atoms with E-state index >= 15 is 0 Å². The van der Waals surface area contributed by atoms with Gasteiger partial charge in [-0.1, -0.05) is 35.4 Å². The summed E-state index contributed by atoms with van der Waals surface area (Å²) in [5.74, 6) is 0. The number of benzene rings is 2. The van der Waals surface area contributed by atoms with Crippen LogP contribution >= 0.6 is 11.3 Å². The number of nitrogens with zero attached hydrogens (tertiary/aromatic N) is 3. The van der Waals surface area contributed by atoms with E-state index in [1.54, 1.807) is 15.6 Å². The third-order valence-corrected chi connectivity index (χ3v) is 8.98. The molecule has 31 heavy (non-hydrogen) atoms. The molecule has 1 aliphatic rings. The molecule has 4 rings (SSSR count). The molecule has 3 aromatic rings. The average Bonchev–Trinajstić information content (AvgIpc) is 3.19. The Morgan fingerprint density at radius 3 is 2.13 bits per heavy atom. The van der Waals surface area contributed by atoms with Crippen molar-refractivity contribution in [1.29, 1.82) is 0 Å². The van der Waals surface area contributed by atoms with Crippen LogP contribution in [0.2, 0.25) is 0 Å². The Kier molecular flexibility index (Phi) is 5.94. The van der Waals surface area contributed by atoms with Crippen LogP contribution < -0.4 is 4.90 Å². The van der Waals surface area contributed by atoms with Crippen LogP contribution in [0.3, 0.4) is 0 Å².